The monoisotopic (exact) mass is 153 g/mol. The van der Waals surface area contributed by atoms with E-state index in [0.29, 0.717) is 11.9 Å². The molecular formula is C8H13N2O. The summed E-state index contributed by atoms with van der Waals surface area (Å²) in [6, 6.07) is 0.449. The van der Waals surface area contributed by atoms with Crippen LogP contribution in [0.2, 0.25) is 0 Å². The Bertz CT molecular complexity index is 163. The molecule has 0 bridgehead atoms. The van der Waals surface area contributed by atoms with Gasteiger partial charge in [0, 0.05) is 32.1 Å². The Morgan fingerprint density at radius 2 is 2.45 bits per heavy atom. The van der Waals surface area contributed by atoms with Crippen molar-refractivity contribution in [1.29, 1.82) is 0 Å². The van der Waals surface area contributed by atoms with Gasteiger partial charge in [-0.3, -0.25) is 4.79 Å². The number of likely N-dealkylation sites (tertiary alicyclic amines) is 1. The molecule has 2 rings (SSSR count). The molecule has 2 aliphatic rings. The Labute approximate surface area is 66.8 Å². The minimum Gasteiger partial charge on any atom is -0.338 e. The van der Waals surface area contributed by atoms with Gasteiger partial charge in [-0.25, -0.2) is 5.32 Å². The lowest BCUT2D eigenvalue weighted by molar-refractivity contribution is -0.129. The molecule has 2 fully saturated rings. The van der Waals surface area contributed by atoms with Gasteiger partial charge >= 0.3 is 0 Å². The number of carbonyl (C=O) groups is 1. The summed E-state index contributed by atoms with van der Waals surface area (Å²) in [7, 11) is 0. The van der Waals surface area contributed by atoms with E-state index in [1.54, 1.807) is 0 Å². The van der Waals surface area contributed by atoms with Crippen LogP contribution in [0.1, 0.15) is 19.3 Å². The number of rotatable bonds is 1. The normalized spacial score (nSPS) is 31.8. The first kappa shape index (κ1) is 7.10. The summed E-state index contributed by atoms with van der Waals surface area (Å²) < 4.78 is 0. The predicted octanol–water partition coefficient (Wildman–Crippen LogP) is -0.0145. The molecule has 1 radical (unpaired) electrons. The standard InChI is InChI=1S/C8H13N2O/c11-8-2-1-5-10(8)7-3-4-9-6-7/h7H,1-6H2. The van der Waals surface area contributed by atoms with Crippen molar-refractivity contribution in [2.75, 3.05) is 19.6 Å². The summed E-state index contributed by atoms with van der Waals surface area (Å²) >= 11 is 0. The molecule has 2 heterocycles. The third-order valence-corrected chi connectivity index (χ3v) is 2.51. The second-order valence-electron chi connectivity index (χ2n) is 3.26. The first-order valence-corrected chi connectivity index (χ1v) is 4.30. The van der Waals surface area contributed by atoms with Crippen molar-refractivity contribution >= 4 is 5.91 Å². The van der Waals surface area contributed by atoms with E-state index in [4.69, 9.17) is 0 Å². The first-order valence-electron chi connectivity index (χ1n) is 4.30. The Morgan fingerprint density at radius 1 is 1.55 bits per heavy atom. The van der Waals surface area contributed by atoms with Crippen molar-refractivity contribution in [3.05, 3.63) is 0 Å². The van der Waals surface area contributed by atoms with E-state index in [1.807, 2.05) is 4.90 Å². The predicted molar refractivity (Wildman–Crippen MR) is 41.2 cm³/mol. The van der Waals surface area contributed by atoms with Crippen LogP contribution in [0.5, 0.6) is 0 Å². The van der Waals surface area contributed by atoms with E-state index < -0.39 is 0 Å². The molecule has 2 aliphatic heterocycles. The summed E-state index contributed by atoms with van der Waals surface area (Å²) in [6.45, 7) is 2.80. The van der Waals surface area contributed by atoms with E-state index in [1.165, 1.54) is 0 Å². The van der Waals surface area contributed by atoms with Crippen LogP contribution in [-0.4, -0.2) is 36.5 Å². The fourth-order valence-electron chi connectivity index (χ4n) is 1.88. The van der Waals surface area contributed by atoms with Crippen molar-refractivity contribution in [1.82, 2.24) is 10.2 Å². The second kappa shape index (κ2) is 2.81. The molecule has 0 aliphatic carbocycles. The third kappa shape index (κ3) is 1.25. The minimum absolute atomic E-state index is 0.340. The fourth-order valence-corrected chi connectivity index (χ4v) is 1.88. The summed E-state index contributed by atoms with van der Waals surface area (Å²) in [6.07, 6.45) is 2.90. The van der Waals surface area contributed by atoms with Crippen molar-refractivity contribution < 1.29 is 4.79 Å². The number of amides is 1. The molecule has 0 N–H and O–H groups in total. The van der Waals surface area contributed by atoms with Crippen LogP contribution in [-0.2, 0) is 4.79 Å². The van der Waals surface area contributed by atoms with Gasteiger partial charge in [-0.1, -0.05) is 0 Å². The number of nitrogens with zero attached hydrogens (tertiary/aromatic N) is 2. The summed E-state index contributed by atoms with van der Waals surface area (Å²) in [5, 5.41) is 4.25. The molecule has 0 aromatic heterocycles. The molecule has 2 saturated heterocycles. The Balaban J connectivity index is 1.97. The topological polar surface area (TPSA) is 34.4 Å². The van der Waals surface area contributed by atoms with Crippen LogP contribution in [0.15, 0.2) is 0 Å². The zero-order valence-electron chi connectivity index (χ0n) is 6.62. The van der Waals surface area contributed by atoms with E-state index >= 15 is 0 Å². The highest BCUT2D eigenvalue weighted by atomic mass is 16.2. The van der Waals surface area contributed by atoms with E-state index in [9.17, 15) is 4.79 Å². The van der Waals surface area contributed by atoms with Gasteiger partial charge in [-0.15, -0.1) is 0 Å². The van der Waals surface area contributed by atoms with Crippen LogP contribution >= 0.6 is 0 Å². The van der Waals surface area contributed by atoms with Crippen LogP contribution in [0.4, 0.5) is 0 Å². The number of hydrogen-bond acceptors (Lipinski definition) is 1. The molecule has 0 saturated carbocycles. The maximum atomic E-state index is 11.2. The largest absolute Gasteiger partial charge is 0.338 e. The van der Waals surface area contributed by atoms with Gasteiger partial charge < -0.3 is 4.90 Å². The molecule has 0 aromatic carbocycles. The Morgan fingerprint density at radius 3 is 3.00 bits per heavy atom. The average Bonchev–Trinajstić information content (AvgIpc) is 2.55. The van der Waals surface area contributed by atoms with E-state index in [0.717, 1.165) is 38.9 Å². The van der Waals surface area contributed by atoms with Crippen molar-refractivity contribution in [3.63, 3.8) is 0 Å². The van der Waals surface area contributed by atoms with Gasteiger partial charge in [-0.2, -0.15) is 0 Å². The highest BCUT2D eigenvalue weighted by Gasteiger charge is 2.29. The Hall–Kier alpha value is -0.570. The van der Waals surface area contributed by atoms with Gasteiger partial charge in [0.25, 0.3) is 0 Å². The van der Waals surface area contributed by atoms with Gasteiger partial charge in [0.15, 0.2) is 0 Å². The van der Waals surface area contributed by atoms with Crippen molar-refractivity contribution in [2.24, 2.45) is 0 Å². The maximum Gasteiger partial charge on any atom is 0.222 e. The quantitative estimate of drug-likeness (QED) is 0.521. The maximum absolute atomic E-state index is 11.2. The molecule has 0 spiro atoms. The molecule has 3 heteroatoms. The third-order valence-electron chi connectivity index (χ3n) is 2.51. The van der Waals surface area contributed by atoms with Crippen LogP contribution < -0.4 is 5.32 Å². The highest BCUT2D eigenvalue weighted by Crippen LogP contribution is 2.17. The average molecular weight is 153 g/mol. The van der Waals surface area contributed by atoms with Crippen molar-refractivity contribution in [2.45, 2.75) is 25.3 Å². The summed E-state index contributed by atoms with van der Waals surface area (Å²) in [5.41, 5.74) is 0. The smallest absolute Gasteiger partial charge is 0.222 e. The van der Waals surface area contributed by atoms with Gasteiger partial charge in [0.2, 0.25) is 5.91 Å². The molecule has 61 valence electrons. The highest BCUT2D eigenvalue weighted by molar-refractivity contribution is 5.78. The van der Waals surface area contributed by atoms with Gasteiger partial charge in [0.05, 0.1) is 0 Å². The summed E-state index contributed by atoms with van der Waals surface area (Å²) in [4.78, 5) is 13.3. The van der Waals surface area contributed by atoms with Gasteiger partial charge in [0.1, 0.15) is 0 Å². The minimum atomic E-state index is 0.340. The van der Waals surface area contributed by atoms with Gasteiger partial charge in [-0.05, 0) is 12.8 Å². The molecule has 1 amide bonds. The molecule has 3 nitrogen and oxygen atoms in total. The molecule has 0 aromatic rings. The van der Waals surface area contributed by atoms with Crippen LogP contribution in [0, 0.1) is 0 Å². The number of carbonyl (C=O) groups excluding carboxylic acids is 1. The lowest BCUT2D eigenvalue weighted by Crippen LogP contribution is -2.36. The molecule has 11 heavy (non-hydrogen) atoms. The Kier molecular flexibility index (Phi) is 1.82. The zero-order valence-corrected chi connectivity index (χ0v) is 6.62. The zero-order chi connectivity index (χ0) is 7.68. The van der Waals surface area contributed by atoms with E-state index in [-0.39, 0.29) is 0 Å². The van der Waals surface area contributed by atoms with Crippen LogP contribution in [0.25, 0.3) is 0 Å². The molecule has 1 atom stereocenters. The van der Waals surface area contributed by atoms with E-state index in [2.05, 4.69) is 5.32 Å². The molecule has 1 unspecified atom stereocenters. The van der Waals surface area contributed by atoms with Crippen LogP contribution in [0.3, 0.4) is 0 Å². The lowest BCUT2D eigenvalue weighted by atomic mass is 10.2. The second-order valence-corrected chi connectivity index (χ2v) is 3.26. The number of hydrogen-bond donors (Lipinski definition) is 0. The first-order chi connectivity index (χ1) is 5.38. The SMILES string of the molecule is O=C1CCCN1C1CC[N]C1. The molecular weight excluding hydrogens is 140 g/mol. The summed E-state index contributed by atoms with van der Waals surface area (Å²) in [5.74, 6) is 0.340. The fraction of sp³-hybridized carbons (Fsp3) is 0.875. The van der Waals surface area contributed by atoms with Crippen molar-refractivity contribution in [3.8, 4) is 0 Å². The lowest BCUT2D eigenvalue weighted by Gasteiger charge is -2.22.